The van der Waals surface area contributed by atoms with Gasteiger partial charge in [0.25, 0.3) is 0 Å². The van der Waals surface area contributed by atoms with Crippen LogP contribution in [0.3, 0.4) is 0 Å². The van der Waals surface area contributed by atoms with Crippen molar-refractivity contribution in [1.29, 1.82) is 0 Å². The summed E-state index contributed by atoms with van der Waals surface area (Å²) in [5.74, 6) is 0.932. The molecule has 0 aliphatic carbocycles. The van der Waals surface area contributed by atoms with Crippen molar-refractivity contribution in [3.05, 3.63) is 0 Å². The number of nitrogens with zero attached hydrogens (tertiary/aromatic N) is 1. The molecule has 0 unspecified atom stereocenters. The van der Waals surface area contributed by atoms with Crippen LogP contribution in [-0.2, 0) is 0 Å². The third kappa shape index (κ3) is 5.86. The topological polar surface area (TPSA) is 15.3 Å². The van der Waals surface area contributed by atoms with E-state index < -0.39 is 0 Å². The summed E-state index contributed by atoms with van der Waals surface area (Å²) in [6, 6.07) is 0. The number of hydrogen-bond acceptors (Lipinski definition) is 2. The van der Waals surface area contributed by atoms with Crippen LogP contribution in [0.1, 0.15) is 47.0 Å². The minimum Gasteiger partial charge on any atom is -0.317 e. The van der Waals surface area contributed by atoms with Gasteiger partial charge in [0, 0.05) is 6.54 Å². The minimum absolute atomic E-state index is 0.474. The van der Waals surface area contributed by atoms with Crippen LogP contribution in [0.2, 0.25) is 0 Å². The fourth-order valence-electron chi connectivity index (χ4n) is 2.30. The molecule has 0 aromatic carbocycles. The van der Waals surface area contributed by atoms with Gasteiger partial charge in [0.2, 0.25) is 0 Å². The van der Waals surface area contributed by atoms with E-state index in [-0.39, 0.29) is 0 Å². The van der Waals surface area contributed by atoms with Gasteiger partial charge in [-0.2, -0.15) is 0 Å². The zero-order valence-electron chi connectivity index (χ0n) is 11.7. The van der Waals surface area contributed by atoms with E-state index in [9.17, 15) is 0 Å². The lowest BCUT2D eigenvalue weighted by Gasteiger charge is -2.31. The van der Waals surface area contributed by atoms with E-state index in [1.54, 1.807) is 0 Å². The predicted octanol–water partition coefficient (Wildman–Crippen LogP) is 2.74. The van der Waals surface area contributed by atoms with Crippen molar-refractivity contribution in [2.45, 2.75) is 47.0 Å². The first-order valence-electron chi connectivity index (χ1n) is 6.94. The normalized spacial score (nSPS) is 19.3. The molecule has 1 saturated heterocycles. The molecule has 16 heavy (non-hydrogen) atoms. The van der Waals surface area contributed by atoms with Gasteiger partial charge in [-0.05, 0) is 56.8 Å². The summed E-state index contributed by atoms with van der Waals surface area (Å²) in [6.45, 7) is 15.5. The Bertz CT molecular complexity index is 178. The molecule has 1 N–H and O–H groups in total. The van der Waals surface area contributed by atoms with E-state index in [1.807, 2.05) is 0 Å². The predicted molar refractivity (Wildman–Crippen MR) is 71.8 cm³/mol. The standard InChI is InChI=1S/C14H30N2/c1-5-16(11-8-14(2,3)4)12-13-6-9-15-10-7-13/h13,15H,5-12H2,1-4H3. The molecule has 1 heterocycles. The maximum atomic E-state index is 3.44. The molecule has 1 rings (SSSR count). The lowest BCUT2D eigenvalue weighted by molar-refractivity contribution is 0.188. The second kappa shape index (κ2) is 6.61. The molecule has 2 heteroatoms. The Morgan fingerprint density at radius 3 is 2.31 bits per heavy atom. The van der Waals surface area contributed by atoms with Gasteiger partial charge in [-0.1, -0.05) is 27.7 Å². The monoisotopic (exact) mass is 226 g/mol. The van der Waals surface area contributed by atoms with E-state index in [2.05, 4.69) is 37.9 Å². The zero-order valence-corrected chi connectivity index (χ0v) is 11.7. The molecule has 0 spiro atoms. The van der Waals surface area contributed by atoms with Gasteiger partial charge >= 0.3 is 0 Å². The Labute approximate surface area is 102 Å². The molecular formula is C14H30N2. The highest BCUT2D eigenvalue weighted by molar-refractivity contribution is 4.73. The summed E-state index contributed by atoms with van der Waals surface area (Å²) in [4.78, 5) is 2.64. The number of nitrogens with one attached hydrogen (secondary N) is 1. The van der Waals surface area contributed by atoms with Crippen molar-refractivity contribution in [3.63, 3.8) is 0 Å². The van der Waals surface area contributed by atoms with Gasteiger partial charge in [0.05, 0.1) is 0 Å². The first-order valence-corrected chi connectivity index (χ1v) is 6.94. The van der Waals surface area contributed by atoms with Crippen LogP contribution in [0.25, 0.3) is 0 Å². The van der Waals surface area contributed by atoms with Gasteiger partial charge in [-0.25, -0.2) is 0 Å². The van der Waals surface area contributed by atoms with Crippen LogP contribution in [0.4, 0.5) is 0 Å². The molecule has 1 aliphatic heterocycles. The van der Waals surface area contributed by atoms with E-state index >= 15 is 0 Å². The third-order valence-corrected chi connectivity index (χ3v) is 3.60. The molecule has 0 bridgehead atoms. The molecule has 0 amide bonds. The lowest BCUT2D eigenvalue weighted by atomic mass is 9.91. The van der Waals surface area contributed by atoms with Gasteiger partial charge < -0.3 is 10.2 Å². The highest BCUT2D eigenvalue weighted by Crippen LogP contribution is 2.20. The van der Waals surface area contributed by atoms with Crippen molar-refractivity contribution in [2.75, 3.05) is 32.7 Å². The Kier molecular flexibility index (Phi) is 5.77. The maximum Gasteiger partial charge on any atom is 0.00105 e. The summed E-state index contributed by atoms with van der Waals surface area (Å²) < 4.78 is 0. The smallest absolute Gasteiger partial charge is 0.00105 e. The average molecular weight is 226 g/mol. The van der Waals surface area contributed by atoms with Crippen LogP contribution in [0.15, 0.2) is 0 Å². The van der Waals surface area contributed by atoms with E-state index in [1.165, 1.54) is 52.0 Å². The van der Waals surface area contributed by atoms with E-state index in [0.717, 1.165) is 5.92 Å². The first kappa shape index (κ1) is 14.0. The molecule has 1 fully saturated rings. The molecule has 2 nitrogen and oxygen atoms in total. The first-order chi connectivity index (χ1) is 7.51. The summed E-state index contributed by atoms with van der Waals surface area (Å²) in [5, 5.41) is 3.44. The molecule has 96 valence electrons. The van der Waals surface area contributed by atoms with E-state index in [4.69, 9.17) is 0 Å². The Balaban J connectivity index is 2.25. The van der Waals surface area contributed by atoms with Gasteiger partial charge in [0.15, 0.2) is 0 Å². The highest BCUT2D eigenvalue weighted by atomic mass is 15.1. The third-order valence-electron chi connectivity index (χ3n) is 3.60. The number of piperidine rings is 1. The maximum absolute atomic E-state index is 3.44. The highest BCUT2D eigenvalue weighted by Gasteiger charge is 2.18. The van der Waals surface area contributed by atoms with Gasteiger partial charge in [-0.3, -0.25) is 0 Å². The molecule has 0 aromatic rings. The largest absolute Gasteiger partial charge is 0.317 e. The average Bonchev–Trinajstić information content (AvgIpc) is 2.24. The molecule has 0 saturated carbocycles. The molecule has 0 radical (unpaired) electrons. The fourth-order valence-corrected chi connectivity index (χ4v) is 2.30. The second-order valence-corrected chi connectivity index (χ2v) is 6.40. The fraction of sp³-hybridized carbons (Fsp3) is 1.00. The molecule has 1 aliphatic rings. The van der Waals surface area contributed by atoms with Crippen molar-refractivity contribution in [1.82, 2.24) is 10.2 Å². The van der Waals surface area contributed by atoms with Crippen LogP contribution in [0.5, 0.6) is 0 Å². The van der Waals surface area contributed by atoms with Crippen molar-refractivity contribution >= 4 is 0 Å². The number of rotatable bonds is 5. The van der Waals surface area contributed by atoms with Crippen LogP contribution in [0, 0.1) is 11.3 Å². The van der Waals surface area contributed by atoms with Crippen molar-refractivity contribution in [3.8, 4) is 0 Å². The Morgan fingerprint density at radius 1 is 1.19 bits per heavy atom. The summed E-state index contributed by atoms with van der Waals surface area (Å²) >= 11 is 0. The van der Waals surface area contributed by atoms with Gasteiger partial charge in [-0.15, -0.1) is 0 Å². The summed E-state index contributed by atoms with van der Waals surface area (Å²) in [5.41, 5.74) is 0.474. The second-order valence-electron chi connectivity index (χ2n) is 6.40. The van der Waals surface area contributed by atoms with Crippen LogP contribution >= 0.6 is 0 Å². The lowest BCUT2D eigenvalue weighted by Crippen LogP contribution is -2.37. The van der Waals surface area contributed by atoms with Crippen molar-refractivity contribution in [2.24, 2.45) is 11.3 Å². The van der Waals surface area contributed by atoms with Gasteiger partial charge in [0.1, 0.15) is 0 Å². The Hall–Kier alpha value is -0.0800. The SMILES string of the molecule is CCN(CCC(C)(C)C)CC1CCNCC1. The zero-order chi connectivity index (χ0) is 12.0. The summed E-state index contributed by atoms with van der Waals surface area (Å²) in [6.07, 6.45) is 4.05. The quantitative estimate of drug-likeness (QED) is 0.775. The van der Waals surface area contributed by atoms with Crippen LogP contribution in [-0.4, -0.2) is 37.6 Å². The van der Waals surface area contributed by atoms with E-state index in [0.29, 0.717) is 5.41 Å². The van der Waals surface area contributed by atoms with Crippen molar-refractivity contribution < 1.29 is 0 Å². The summed E-state index contributed by atoms with van der Waals surface area (Å²) in [7, 11) is 0. The molecule has 0 atom stereocenters. The minimum atomic E-state index is 0.474. The number of hydrogen-bond donors (Lipinski definition) is 1. The molecule has 0 aromatic heterocycles. The van der Waals surface area contributed by atoms with Crippen LogP contribution < -0.4 is 5.32 Å². The Morgan fingerprint density at radius 2 is 1.81 bits per heavy atom. The molecular weight excluding hydrogens is 196 g/mol.